The number of anilines is 1. The zero-order valence-corrected chi connectivity index (χ0v) is 13.0. The van der Waals surface area contributed by atoms with Crippen LogP contribution in [0.3, 0.4) is 0 Å². The van der Waals surface area contributed by atoms with Crippen molar-refractivity contribution in [2.75, 3.05) is 11.9 Å². The van der Waals surface area contributed by atoms with Crippen molar-refractivity contribution >= 4 is 17.5 Å². The van der Waals surface area contributed by atoms with Gasteiger partial charge in [-0.05, 0) is 39.0 Å². The summed E-state index contributed by atoms with van der Waals surface area (Å²) in [5.41, 5.74) is 2.40. The molecular weight excluding hydrogens is 280 g/mol. The summed E-state index contributed by atoms with van der Waals surface area (Å²) in [4.78, 5) is 23.8. The third kappa shape index (κ3) is 4.22. The normalized spacial score (nSPS) is 10.3. The molecule has 0 aliphatic carbocycles. The maximum Gasteiger partial charge on any atom is 0.254 e. The zero-order chi connectivity index (χ0) is 16.1. The minimum atomic E-state index is -0.225. The lowest BCUT2D eigenvalue weighted by molar-refractivity contribution is -0.116. The van der Waals surface area contributed by atoms with E-state index in [-0.39, 0.29) is 24.8 Å². The number of aryl methyl sites for hydroxylation is 3. The molecule has 0 aliphatic heterocycles. The van der Waals surface area contributed by atoms with Crippen LogP contribution in [0.5, 0.6) is 0 Å². The molecule has 2 aromatic rings. The Balaban J connectivity index is 1.78. The molecule has 1 heterocycles. The predicted molar refractivity (Wildman–Crippen MR) is 84.9 cm³/mol. The van der Waals surface area contributed by atoms with Gasteiger partial charge in [0.05, 0.1) is 5.56 Å². The van der Waals surface area contributed by atoms with Crippen molar-refractivity contribution in [2.45, 2.75) is 27.2 Å². The second-order valence-electron chi connectivity index (χ2n) is 5.25. The third-order valence-corrected chi connectivity index (χ3v) is 3.26. The predicted octanol–water partition coefficient (Wildman–Crippen LogP) is 2.96. The van der Waals surface area contributed by atoms with Gasteiger partial charge < -0.3 is 15.1 Å². The molecule has 0 atom stereocenters. The average molecular weight is 300 g/mol. The molecule has 116 valence electrons. The van der Waals surface area contributed by atoms with Gasteiger partial charge in [0.2, 0.25) is 5.91 Å². The van der Waals surface area contributed by atoms with E-state index in [1.165, 1.54) is 0 Å². The number of rotatable bonds is 5. The van der Waals surface area contributed by atoms with Crippen LogP contribution in [-0.4, -0.2) is 18.4 Å². The lowest BCUT2D eigenvalue weighted by Crippen LogP contribution is -2.27. The van der Waals surface area contributed by atoms with Gasteiger partial charge in [-0.2, -0.15) is 0 Å². The number of nitrogens with one attached hydrogen (secondary N) is 2. The number of amides is 2. The largest absolute Gasteiger partial charge is 0.466 e. The van der Waals surface area contributed by atoms with Crippen LogP contribution in [0.1, 0.15) is 33.9 Å². The van der Waals surface area contributed by atoms with E-state index in [9.17, 15) is 9.59 Å². The Morgan fingerprint density at radius 2 is 1.77 bits per heavy atom. The zero-order valence-electron chi connectivity index (χ0n) is 13.0. The summed E-state index contributed by atoms with van der Waals surface area (Å²) >= 11 is 0. The molecule has 5 nitrogen and oxygen atoms in total. The van der Waals surface area contributed by atoms with Gasteiger partial charge in [0, 0.05) is 18.7 Å². The first-order valence-electron chi connectivity index (χ1n) is 7.17. The molecule has 0 unspecified atom stereocenters. The molecule has 0 aliphatic rings. The van der Waals surface area contributed by atoms with Gasteiger partial charge in [-0.15, -0.1) is 0 Å². The number of hydrogen-bond acceptors (Lipinski definition) is 3. The SMILES string of the molecule is Cc1ccc(NC(=O)CCNC(=O)c2cc(C)oc2C)cc1. The Morgan fingerprint density at radius 1 is 1.09 bits per heavy atom. The van der Waals surface area contributed by atoms with E-state index in [0.717, 1.165) is 11.3 Å². The Kier molecular flexibility index (Phi) is 4.99. The standard InChI is InChI=1S/C17H20N2O3/c1-11-4-6-14(7-5-11)19-16(20)8-9-18-17(21)15-10-12(2)22-13(15)3/h4-7,10H,8-9H2,1-3H3,(H,18,21)(H,19,20). The maximum absolute atomic E-state index is 12.0. The van der Waals surface area contributed by atoms with Crippen molar-refractivity contribution in [3.63, 3.8) is 0 Å². The van der Waals surface area contributed by atoms with Crippen molar-refractivity contribution in [1.82, 2.24) is 5.32 Å². The number of carbonyl (C=O) groups is 2. The van der Waals surface area contributed by atoms with Crippen molar-refractivity contribution in [3.8, 4) is 0 Å². The molecule has 2 amide bonds. The molecule has 0 fully saturated rings. The Labute approximate surface area is 129 Å². The highest BCUT2D eigenvalue weighted by Gasteiger charge is 2.13. The van der Waals surface area contributed by atoms with Crippen LogP contribution in [0.4, 0.5) is 5.69 Å². The number of benzene rings is 1. The fourth-order valence-corrected chi connectivity index (χ4v) is 2.10. The van der Waals surface area contributed by atoms with Gasteiger partial charge in [-0.25, -0.2) is 0 Å². The molecule has 2 rings (SSSR count). The first-order chi connectivity index (χ1) is 10.5. The second kappa shape index (κ2) is 6.93. The van der Waals surface area contributed by atoms with Crippen LogP contribution >= 0.6 is 0 Å². The first kappa shape index (κ1) is 15.8. The average Bonchev–Trinajstić information content (AvgIpc) is 2.80. The highest BCUT2D eigenvalue weighted by Crippen LogP contribution is 2.13. The minimum absolute atomic E-state index is 0.135. The fraction of sp³-hybridized carbons (Fsp3) is 0.294. The van der Waals surface area contributed by atoms with E-state index in [0.29, 0.717) is 17.1 Å². The van der Waals surface area contributed by atoms with Crippen LogP contribution in [0.15, 0.2) is 34.7 Å². The summed E-state index contributed by atoms with van der Waals surface area (Å²) in [5, 5.41) is 5.51. The molecule has 0 saturated heterocycles. The highest BCUT2D eigenvalue weighted by molar-refractivity contribution is 5.96. The van der Waals surface area contributed by atoms with Crippen LogP contribution < -0.4 is 10.6 Å². The van der Waals surface area contributed by atoms with Gasteiger partial charge in [0.1, 0.15) is 11.5 Å². The quantitative estimate of drug-likeness (QED) is 0.891. The molecular formula is C17H20N2O3. The lowest BCUT2D eigenvalue weighted by atomic mass is 10.2. The monoisotopic (exact) mass is 300 g/mol. The summed E-state index contributed by atoms with van der Waals surface area (Å²) in [7, 11) is 0. The van der Waals surface area contributed by atoms with Crippen LogP contribution in [-0.2, 0) is 4.79 Å². The highest BCUT2D eigenvalue weighted by atomic mass is 16.3. The van der Waals surface area contributed by atoms with Crippen molar-refractivity contribution in [1.29, 1.82) is 0 Å². The molecule has 2 N–H and O–H groups in total. The Bertz CT molecular complexity index is 672. The summed E-state index contributed by atoms with van der Waals surface area (Å²) in [6, 6.07) is 9.26. The molecule has 1 aromatic carbocycles. The Morgan fingerprint density at radius 3 is 2.36 bits per heavy atom. The minimum Gasteiger partial charge on any atom is -0.466 e. The smallest absolute Gasteiger partial charge is 0.254 e. The summed E-state index contributed by atoms with van der Waals surface area (Å²) in [5.74, 6) is 0.917. The first-order valence-corrected chi connectivity index (χ1v) is 7.17. The van der Waals surface area contributed by atoms with E-state index in [2.05, 4.69) is 10.6 Å². The number of hydrogen-bond donors (Lipinski definition) is 2. The third-order valence-electron chi connectivity index (χ3n) is 3.26. The summed E-state index contributed by atoms with van der Waals surface area (Å²) in [6.45, 7) is 5.80. The van der Waals surface area contributed by atoms with E-state index in [1.54, 1.807) is 19.9 Å². The molecule has 0 saturated carbocycles. The second-order valence-corrected chi connectivity index (χ2v) is 5.25. The van der Waals surface area contributed by atoms with Gasteiger partial charge in [0.25, 0.3) is 5.91 Å². The van der Waals surface area contributed by atoms with E-state index in [4.69, 9.17) is 4.42 Å². The molecule has 0 radical (unpaired) electrons. The van der Waals surface area contributed by atoms with Crippen molar-refractivity contribution in [2.24, 2.45) is 0 Å². The molecule has 22 heavy (non-hydrogen) atoms. The van der Waals surface area contributed by atoms with Gasteiger partial charge in [-0.3, -0.25) is 9.59 Å². The number of furan rings is 1. The molecule has 0 spiro atoms. The Hall–Kier alpha value is -2.56. The van der Waals surface area contributed by atoms with E-state index < -0.39 is 0 Å². The van der Waals surface area contributed by atoms with Crippen molar-refractivity contribution < 1.29 is 14.0 Å². The molecule has 0 bridgehead atoms. The van der Waals surface area contributed by atoms with Crippen LogP contribution in [0.25, 0.3) is 0 Å². The summed E-state index contributed by atoms with van der Waals surface area (Å²) < 4.78 is 5.31. The number of carbonyl (C=O) groups excluding carboxylic acids is 2. The maximum atomic E-state index is 12.0. The summed E-state index contributed by atoms with van der Waals surface area (Å²) in [6.07, 6.45) is 0.218. The molecule has 5 heteroatoms. The van der Waals surface area contributed by atoms with Gasteiger partial charge in [0.15, 0.2) is 0 Å². The van der Waals surface area contributed by atoms with Crippen molar-refractivity contribution in [3.05, 3.63) is 53.0 Å². The van der Waals surface area contributed by atoms with Crippen LogP contribution in [0.2, 0.25) is 0 Å². The van der Waals surface area contributed by atoms with Gasteiger partial charge >= 0.3 is 0 Å². The van der Waals surface area contributed by atoms with Crippen LogP contribution in [0, 0.1) is 20.8 Å². The van der Waals surface area contributed by atoms with Gasteiger partial charge in [-0.1, -0.05) is 17.7 Å². The van der Waals surface area contributed by atoms with E-state index in [1.807, 2.05) is 31.2 Å². The topological polar surface area (TPSA) is 71.3 Å². The lowest BCUT2D eigenvalue weighted by Gasteiger charge is -2.06. The van der Waals surface area contributed by atoms with E-state index >= 15 is 0 Å². The molecule has 1 aromatic heterocycles. The fourth-order valence-electron chi connectivity index (χ4n) is 2.10.